The zero-order valence-electron chi connectivity index (χ0n) is 12.1. The lowest BCUT2D eigenvalue weighted by Crippen LogP contribution is -2.30. The first-order valence-electron chi connectivity index (χ1n) is 6.48. The molecule has 0 saturated carbocycles. The van der Waals surface area contributed by atoms with Crippen LogP contribution in [0, 0.1) is 0 Å². The third kappa shape index (κ3) is 5.79. The highest BCUT2D eigenvalue weighted by molar-refractivity contribution is 6.32. The van der Waals surface area contributed by atoms with Gasteiger partial charge in [0, 0.05) is 20.3 Å². The first kappa shape index (κ1) is 17.6. The monoisotopic (exact) mass is 317 g/mol. The van der Waals surface area contributed by atoms with Crippen LogP contribution in [0.1, 0.15) is 12.0 Å². The molecule has 0 aliphatic rings. The largest absolute Gasteiger partial charge is 0.493 e. The highest BCUT2D eigenvalue weighted by Crippen LogP contribution is 2.36. The summed E-state index contributed by atoms with van der Waals surface area (Å²) in [5.41, 5.74) is 0.605. The third-order valence-electron chi connectivity index (χ3n) is 2.67. The minimum atomic E-state index is -0.254. The number of carbonyl (C=O) groups is 1. The molecule has 0 aliphatic heterocycles. The fraction of sp³-hybridized carbons (Fsp3) is 0.500. The van der Waals surface area contributed by atoms with E-state index in [1.165, 1.54) is 7.11 Å². The number of benzene rings is 1. The zero-order valence-corrected chi connectivity index (χ0v) is 12.9. The molecule has 21 heavy (non-hydrogen) atoms. The number of hydrogen-bond donors (Lipinski definition) is 2. The molecule has 0 aromatic heterocycles. The number of amides is 1. The van der Waals surface area contributed by atoms with E-state index >= 15 is 0 Å². The van der Waals surface area contributed by atoms with Crippen LogP contribution in [0.15, 0.2) is 12.1 Å². The van der Waals surface area contributed by atoms with Crippen LogP contribution < -0.4 is 14.8 Å². The number of hydrogen-bond acceptors (Lipinski definition) is 5. The third-order valence-corrected chi connectivity index (χ3v) is 2.95. The van der Waals surface area contributed by atoms with Crippen LogP contribution in [0.25, 0.3) is 0 Å². The maximum atomic E-state index is 11.6. The van der Waals surface area contributed by atoms with Gasteiger partial charge in [-0.05, 0) is 24.1 Å². The molecule has 1 amide bonds. The molecule has 0 fully saturated rings. The van der Waals surface area contributed by atoms with E-state index in [1.54, 1.807) is 19.2 Å². The van der Waals surface area contributed by atoms with Crippen molar-refractivity contribution in [2.24, 2.45) is 0 Å². The van der Waals surface area contributed by atoms with Crippen molar-refractivity contribution in [1.82, 2.24) is 5.32 Å². The van der Waals surface area contributed by atoms with Gasteiger partial charge in [0.2, 0.25) is 0 Å². The number of rotatable bonds is 9. The van der Waals surface area contributed by atoms with E-state index in [0.29, 0.717) is 24.5 Å². The highest BCUT2D eigenvalue weighted by atomic mass is 35.5. The number of nitrogens with one attached hydrogen (secondary N) is 1. The van der Waals surface area contributed by atoms with Crippen LogP contribution in [0.3, 0.4) is 0 Å². The van der Waals surface area contributed by atoms with Gasteiger partial charge in [-0.3, -0.25) is 4.79 Å². The van der Waals surface area contributed by atoms with E-state index in [-0.39, 0.29) is 29.9 Å². The maximum Gasteiger partial charge on any atom is 0.257 e. The standard InChI is InChI=1S/C14H20ClNO5/c1-19-5-3-4-16-13(18)9-21-14-11(15)6-10(8-17)7-12(14)20-2/h6-7,17H,3-5,8-9H2,1-2H3,(H,16,18). The van der Waals surface area contributed by atoms with Crippen LogP contribution >= 0.6 is 11.6 Å². The Morgan fingerprint density at radius 3 is 2.76 bits per heavy atom. The lowest BCUT2D eigenvalue weighted by atomic mass is 10.2. The second-order valence-corrected chi connectivity index (χ2v) is 4.66. The Morgan fingerprint density at radius 1 is 1.38 bits per heavy atom. The normalized spacial score (nSPS) is 10.3. The van der Waals surface area contributed by atoms with E-state index in [1.807, 2.05) is 0 Å². The Bertz CT molecular complexity index is 467. The van der Waals surface area contributed by atoms with Gasteiger partial charge in [-0.15, -0.1) is 0 Å². The number of aliphatic hydroxyl groups excluding tert-OH is 1. The van der Waals surface area contributed by atoms with Crippen molar-refractivity contribution in [1.29, 1.82) is 0 Å². The van der Waals surface area contributed by atoms with Gasteiger partial charge in [-0.25, -0.2) is 0 Å². The van der Waals surface area contributed by atoms with Crippen LogP contribution in [0.5, 0.6) is 11.5 Å². The Balaban J connectivity index is 2.56. The molecule has 0 bridgehead atoms. The van der Waals surface area contributed by atoms with Crippen LogP contribution in [0.2, 0.25) is 5.02 Å². The van der Waals surface area contributed by atoms with E-state index < -0.39 is 0 Å². The molecule has 0 radical (unpaired) electrons. The molecule has 0 spiro atoms. The number of aliphatic hydroxyl groups is 1. The van der Waals surface area contributed by atoms with Gasteiger partial charge < -0.3 is 24.6 Å². The molecule has 6 nitrogen and oxygen atoms in total. The van der Waals surface area contributed by atoms with E-state index in [9.17, 15) is 4.79 Å². The number of carbonyl (C=O) groups excluding carboxylic acids is 1. The van der Waals surface area contributed by atoms with Crippen molar-refractivity contribution in [2.45, 2.75) is 13.0 Å². The summed E-state index contributed by atoms with van der Waals surface area (Å²) in [6.07, 6.45) is 0.734. The van der Waals surface area contributed by atoms with Gasteiger partial charge in [0.05, 0.1) is 18.7 Å². The molecule has 2 N–H and O–H groups in total. The van der Waals surface area contributed by atoms with Gasteiger partial charge >= 0.3 is 0 Å². The summed E-state index contributed by atoms with van der Waals surface area (Å²) in [6.45, 7) is 0.783. The van der Waals surface area contributed by atoms with Gasteiger partial charge in [-0.1, -0.05) is 11.6 Å². The fourth-order valence-corrected chi connectivity index (χ4v) is 1.93. The Kier molecular flexibility index (Phi) is 7.89. The van der Waals surface area contributed by atoms with E-state index in [4.69, 9.17) is 30.9 Å². The van der Waals surface area contributed by atoms with Gasteiger partial charge in [0.25, 0.3) is 5.91 Å². The second-order valence-electron chi connectivity index (χ2n) is 4.25. The number of methoxy groups -OCH3 is 2. The molecule has 0 unspecified atom stereocenters. The van der Waals surface area contributed by atoms with Gasteiger partial charge in [0.15, 0.2) is 18.1 Å². The summed E-state index contributed by atoms with van der Waals surface area (Å²) < 4.78 is 15.4. The van der Waals surface area contributed by atoms with Crippen molar-refractivity contribution in [3.63, 3.8) is 0 Å². The molecule has 1 rings (SSSR count). The summed E-state index contributed by atoms with van der Waals surface area (Å²) in [6, 6.07) is 3.17. The predicted molar refractivity (Wildman–Crippen MR) is 78.9 cm³/mol. The topological polar surface area (TPSA) is 77.0 Å². The highest BCUT2D eigenvalue weighted by Gasteiger charge is 2.13. The van der Waals surface area contributed by atoms with Crippen molar-refractivity contribution < 1.29 is 24.1 Å². The molecule has 118 valence electrons. The second kappa shape index (κ2) is 9.44. The minimum absolute atomic E-state index is 0.156. The quantitative estimate of drug-likeness (QED) is 0.673. The molecule has 0 aliphatic carbocycles. The predicted octanol–water partition coefficient (Wildman–Crippen LogP) is 1.37. The number of ether oxygens (including phenoxy) is 3. The number of halogens is 1. The lowest BCUT2D eigenvalue weighted by Gasteiger charge is -2.13. The Morgan fingerprint density at radius 2 is 2.14 bits per heavy atom. The van der Waals surface area contributed by atoms with E-state index in [0.717, 1.165) is 6.42 Å². The Labute approximate surface area is 129 Å². The first-order chi connectivity index (χ1) is 10.1. The maximum absolute atomic E-state index is 11.6. The summed E-state index contributed by atoms with van der Waals surface area (Å²) >= 11 is 6.06. The molecular weight excluding hydrogens is 298 g/mol. The Hall–Kier alpha value is -1.50. The molecule has 1 aromatic rings. The lowest BCUT2D eigenvalue weighted by molar-refractivity contribution is -0.123. The fourth-order valence-electron chi connectivity index (χ4n) is 1.64. The first-order valence-corrected chi connectivity index (χ1v) is 6.85. The van der Waals surface area contributed by atoms with Crippen molar-refractivity contribution in [3.05, 3.63) is 22.7 Å². The molecule has 0 saturated heterocycles. The smallest absolute Gasteiger partial charge is 0.257 e. The summed E-state index contributed by atoms with van der Waals surface area (Å²) in [4.78, 5) is 11.6. The van der Waals surface area contributed by atoms with Gasteiger partial charge in [0.1, 0.15) is 0 Å². The van der Waals surface area contributed by atoms with Gasteiger partial charge in [-0.2, -0.15) is 0 Å². The molecule has 7 heteroatoms. The zero-order chi connectivity index (χ0) is 15.7. The van der Waals surface area contributed by atoms with Crippen LogP contribution in [-0.2, 0) is 16.1 Å². The van der Waals surface area contributed by atoms with Crippen LogP contribution in [0.4, 0.5) is 0 Å². The van der Waals surface area contributed by atoms with Crippen molar-refractivity contribution in [3.8, 4) is 11.5 Å². The summed E-state index contributed by atoms with van der Waals surface area (Å²) in [5, 5.41) is 12.1. The molecule has 0 atom stereocenters. The molecule has 1 aromatic carbocycles. The summed E-state index contributed by atoms with van der Waals surface area (Å²) in [7, 11) is 3.07. The van der Waals surface area contributed by atoms with Crippen molar-refractivity contribution >= 4 is 17.5 Å². The summed E-state index contributed by atoms with van der Waals surface area (Å²) in [5.74, 6) is 0.401. The average Bonchev–Trinajstić information content (AvgIpc) is 2.49. The minimum Gasteiger partial charge on any atom is -0.493 e. The van der Waals surface area contributed by atoms with Crippen LogP contribution in [-0.4, -0.2) is 45.0 Å². The average molecular weight is 318 g/mol. The SMILES string of the molecule is COCCCNC(=O)COc1c(Cl)cc(CO)cc1OC. The molecular formula is C14H20ClNO5. The van der Waals surface area contributed by atoms with E-state index in [2.05, 4.69) is 5.32 Å². The van der Waals surface area contributed by atoms with Crippen molar-refractivity contribution in [2.75, 3.05) is 34.0 Å². The molecule has 0 heterocycles.